The Bertz CT molecular complexity index is 916. The summed E-state index contributed by atoms with van der Waals surface area (Å²) in [5, 5.41) is 14.0. The molecule has 1 amide bonds. The fraction of sp³-hybridized carbons (Fsp3) is 0.316. The maximum absolute atomic E-state index is 13.5. The molecule has 1 atom stereocenters. The van der Waals surface area contributed by atoms with Crippen LogP contribution in [0.3, 0.4) is 0 Å². The van der Waals surface area contributed by atoms with Gasteiger partial charge in [0.1, 0.15) is 5.75 Å². The largest absolute Gasteiger partial charge is 0.484 e. The topological polar surface area (TPSA) is 75.0 Å². The highest BCUT2D eigenvalue weighted by Gasteiger charge is 2.63. The Kier molecular flexibility index (Phi) is 5.12. The highest BCUT2D eigenvalue weighted by molar-refractivity contribution is 6.03. The van der Waals surface area contributed by atoms with Crippen LogP contribution in [0.1, 0.15) is 23.1 Å². The van der Waals surface area contributed by atoms with Gasteiger partial charge in [0.25, 0.3) is 11.6 Å². The molecule has 148 valence electrons. The lowest BCUT2D eigenvalue weighted by atomic mass is 10.0. The number of alkyl halides is 3. The molecular weight excluding hydrogens is 375 g/mol. The van der Waals surface area contributed by atoms with E-state index in [0.29, 0.717) is 5.75 Å². The van der Waals surface area contributed by atoms with Gasteiger partial charge in [0.05, 0.1) is 12.1 Å². The average molecular weight is 393 g/mol. The second-order valence-electron chi connectivity index (χ2n) is 6.52. The van der Waals surface area contributed by atoms with E-state index in [1.807, 2.05) is 13.8 Å². The lowest BCUT2D eigenvalue weighted by Gasteiger charge is -2.32. The third-order valence-corrected chi connectivity index (χ3v) is 4.51. The van der Waals surface area contributed by atoms with E-state index < -0.39 is 30.8 Å². The molecule has 0 saturated carbocycles. The molecule has 1 N–H and O–H groups in total. The van der Waals surface area contributed by atoms with Crippen LogP contribution in [0.2, 0.25) is 0 Å². The zero-order valence-corrected chi connectivity index (χ0v) is 15.2. The zero-order valence-electron chi connectivity index (χ0n) is 15.2. The standard InChI is InChI=1S/C19H18F3N3O3/c1-12-5-6-15(8-13(12)2)28-11-17(26)25-18(27,19(20,21)22)9-16(24-25)14-4-3-7-23-10-14/h3-8,10,27H,9,11H2,1-2H3/t18-/m0/s1. The summed E-state index contributed by atoms with van der Waals surface area (Å²) >= 11 is 0. The van der Waals surface area contributed by atoms with Crippen LogP contribution in [0.15, 0.2) is 47.8 Å². The van der Waals surface area contributed by atoms with E-state index >= 15 is 0 Å². The minimum Gasteiger partial charge on any atom is -0.484 e. The Morgan fingerprint density at radius 1 is 1.29 bits per heavy atom. The molecule has 3 rings (SSSR count). The van der Waals surface area contributed by atoms with Crippen LogP contribution in [-0.4, -0.2) is 45.2 Å². The van der Waals surface area contributed by atoms with Gasteiger partial charge in [-0.25, -0.2) is 0 Å². The number of aliphatic hydroxyl groups is 1. The Morgan fingerprint density at radius 3 is 2.64 bits per heavy atom. The van der Waals surface area contributed by atoms with Gasteiger partial charge in [0.2, 0.25) is 0 Å². The summed E-state index contributed by atoms with van der Waals surface area (Å²) in [6, 6.07) is 8.09. The molecule has 6 nitrogen and oxygen atoms in total. The van der Waals surface area contributed by atoms with E-state index in [2.05, 4.69) is 10.1 Å². The third-order valence-electron chi connectivity index (χ3n) is 4.51. The molecule has 0 saturated heterocycles. The van der Waals surface area contributed by atoms with Gasteiger partial charge in [0.15, 0.2) is 6.61 Å². The summed E-state index contributed by atoms with van der Waals surface area (Å²) in [7, 11) is 0. The number of aryl methyl sites for hydroxylation is 2. The number of pyridine rings is 1. The van der Waals surface area contributed by atoms with Gasteiger partial charge in [-0.3, -0.25) is 9.78 Å². The number of benzene rings is 1. The smallest absolute Gasteiger partial charge is 0.438 e. The zero-order chi connectivity index (χ0) is 20.5. The van der Waals surface area contributed by atoms with E-state index in [1.54, 1.807) is 18.2 Å². The second kappa shape index (κ2) is 7.23. The number of ether oxygens (including phenoxy) is 1. The molecule has 0 unspecified atom stereocenters. The van der Waals surface area contributed by atoms with E-state index in [-0.39, 0.29) is 16.3 Å². The molecule has 0 aliphatic carbocycles. The van der Waals surface area contributed by atoms with Crippen LogP contribution < -0.4 is 4.74 Å². The molecular formula is C19H18F3N3O3. The first-order valence-corrected chi connectivity index (χ1v) is 8.42. The number of halogens is 3. The van der Waals surface area contributed by atoms with Crippen LogP contribution in [0.25, 0.3) is 0 Å². The number of hydrogen-bond donors (Lipinski definition) is 1. The van der Waals surface area contributed by atoms with E-state index in [0.717, 1.165) is 11.1 Å². The van der Waals surface area contributed by atoms with Crippen molar-refractivity contribution in [3.05, 3.63) is 59.4 Å². The third kappa shape index (κ3) is 3.70. The van der Waals surface area contributed by atoms with Crippen molar-refractivity contribution in [3.63, 3.8) is 0 Å². The van der Waals surface area contributed by atoms with Gasteiger partial charge >= 0.3 is 6.18 Å². The van der Waals surface area contributed by atoms with Gasteiger partial charge in [-0.2, -0.15) is 23.3 Å². The first-order chi connectivity index (χ1) is 13.1. The molecule has 28 heavy (non-hydrogen) atoms. The summed E-state index contributed by atoms with van der Waals surface area (Å²) < 4.78 is 45.9. The number of hydrogen-bond acceptors (Lipinski definition) is 5. The SMILES string of the molecule is Cc1ccc(OCC(=O)N2N=C(c3cccnc3)C[C@]2(O)C(F)(F)F)cc1C. The highest BCUT2D eigenvalue weighted by atomic mass is 19.4. The summed E-state index contributed by atoms with van der Waals surface area (Å²) in [6.07, 6.45) is -3.22. The van der Waals surface area contributed by atoms with Crippen LogP contribution in [-0.2, 0) is 4.79 Å². The molecule has 1 aliphatic heterocycles. The van der Waals surface area contributed by atoms with Crippen molar-refractivity contribution in [2.45, 2.75) is 32.2 Å². The van der Waals surface area contributed by atoms with Gasteiger partial charge in [-0.05, 0) is 43.2 Å². The van der Waals surface area contributed by atoms with Crippen LogP contribution in [0.5, 0.6) is 5.75 Å². The Labute approximate surface area is 159 Å². The lowest BCUT2D eigenvalue weighted by molar-refractivity contribution is -0.302. The highest BCUT2D eigenvalue weighted by Crippen LogP contribution is 2.41. The molecule has 2 aromatic rings. The molecule has 0 radical (unpaired) electrons. The Morgan fingerprint density at radius 2 is 2.04 bits per heavy atom. The second-order valence-corrected chi connectivity index (χ2v) is 6.52. The molecule has 0 spiro atoms. The summed E-state index contributed by atoms with van der Waals surface area (Å²) in [6.45, 7) is 3.04. The number of hydrazone groups is 1. The number of aromatic nitrogens is 1. The first kappa shape index (κ1) is 19.8. The monoisotopic (exact) mass is 393 g/mol. The normalized spacial score (nSPS) is 19.5. The van der Waals surface area contributed by atoms with Crippen molar-refractivity contribution in [2.75, 3.05) is 6.61 Å². The molecule has 9 heteroatoms. The number of amides is 1. The van der Waals surface area contributed by atoms with Crippen molar-refractivity contribution in [2.24, 2.45) is 5.10 Å². The Balaban J connectivity index is 1.83. The summed E-state index contributed by atoms with van der Waals surface area (Å²) in [5.41, 5.74) is -1.32. The van der Waals surface area contributed by atoms with Gasteiger partial charge in [-0.15, -0.1) is 0 Å². The molecule has 1 aromatic carbocycles. The van der Waals surface area contributed by atoms with Crippen LogP contribution in [0.4, 0.5) is 13.2 Å². The lowest BCUT2D eigenvalue weighted by Crippen LogP contribution is -2.57. The number of rotatable bonds is 4. The summed E-state index contributed by atoms with van der Waals surface area (Å²) in [5.74, 6) is -0.778. The predicted molar refractivity (Wildman–Crippen MR) is 94.7 cm³/mol. The maximum atomic E-state index is 13.5. The Hall–Kier alpha value is -2.94. The first-order valence-electron chi connectivity index (χ1n) is 8.42. The van der Waals surface area contributed by atoms with Gasteiger partial charge in [0, 0.05) is 18.0 Å². The average Bonchev–Trinajstić information content (AvgIpc) is 3.02. The van der Waals surface area contributed by atoms with Gasteiger partial charge < -0.3 is 9.84 Å². The number of carbonyl (C=O) groups excluding carboxylic acids is 1. The maximum Gasteiger partial charge on any atom is 0.438 e. The van der Waals surface area contributed by atoms with Crippen molar-refractivity contribution in [1.82, 2.24) is 9.99 Å². The molecule has 0 bridgehead atoms. The molecule has 1 aromatic heterocycles. The van der Waals surface area contributed by atoms with Crippen LogP contribution in [0, 0.1) is 13.8 Å². The summed E-state index contributed by atoms with van der Waals surface area (Å²) in [4.78, 5) is 16.3. The molecule has 2 heterocycles. The predicted octanol–water partition coefficient (Wildman–Crippen LogP) is 2.96. The van der Waals surface area contributed by atoms with Crippen molar-refractivity contribution in [3.8, 4) is 5.75 Å². The molecule has 0 fully saturated rings. The van der Waals surface area contributed by atoms with Crippen molar-refractivity contribution >= 4 is 11.6 Å². The minimum absolute atomic E-state index is 0.0520. The van der Waals surface area contributed by atoms with E-state index in [9.17, 15) is 23.1 Å². The van der Waals surface area contributed by atoms with E-state index in [1.165, 1.54) is 24.5 Å². The minimum atomic E-state index is -5.10. The van der Waals surface area contributed by atoms with Crippen molar-refractivity contribution < 1.29 is 27.8 Å². The fourth-order valence-corrected chi connectivity index (χ4v) is 2.73. The van der Waals surface area contributed by atoms with E-state index in [4.69, 9.17) is 4.74 Å². The van der Waals surface area contributed by atoms with Crippen LogP contribution >= 0.6 is 0 Å². The fourth-order valence-electron chi connectivity index (χ4n) is 2.73. The quantitative estimate of drug-likeness (QED) is 0.867. The number of carbonyl (C=O) groups is 1. The molecule has 1 aliphatic rings. The number of nitrogens with zero attached hydrogens (tertiary/aromatic N) is 3. The van der Waals surface area contributed by atoms with Crippen molar-refractivity contribution in [1.29, 1.82) is 0 Å². The van der Waals surface area contributed by atoms with Gasteiger partial charge in [-0.1, -0.05) is 12.1 Å².